The van der Waals surface area contributed by atoms with Gasteiger partial charge in [0.1, 0.15) is 0 Å². The van der Waals surface area contributed by atoms with Gasteiger partial charge in [-0.05, 0) is 34.5 Å². The van der Waals surface area contributed by atoms with Gasteiger partial charge in [0.25, 0.3) is 5.91 Å². The average molecular weight is 347 g/mol. The van der Waals surface area contributed by atoms with Crippen LogP contribution in [-0.4, -0.2) is 43.8 Å². The second-order valence-corrected chi connectivity index (χ2v) is 7.60. The van der Waals surface area contributed by atoms with E-state index in [-0.39, 0.29) is 24.0 Å². The zero-order valence-electron chi connectivity index (χ0n) is 10.3. The standard InChI is InChI=1S/C12H15BrN2O3S/c13-11-9(3-1-4-10(11)14)12(16)15-5-2-7-19(17,18)8-6-15/h1,3-4H,2,5-8,14H2. The number of nitrogen functional groups attached to an aromatic ring is 1. The Hall–Kier alpha value is -1.08. The van der Waals surface area contributed by atoms with Crippen molar-refractivity contribution >= 4 is 37.4 Å². The molecule has 0 atom stereocenters. The normalized spacial score (nSPS) is 18.9. The molecule has 7 heteroatoms. The molecule has 0 radical (unpaired) electrons. The molecule has 1 aromatic carbocycles. The van der Waals surface area contributed by atoms with E-state index < -0.39 is 9.84 Å². The maximum Gasteiger partial charge on any atom is 0.255 e. The molecule has 1 fully saturated rings. The number of anilines is 1. The Morgan fingerprint density at radius 1 is 1.26 bits per heavy atom. The predicted octanol–water partition coefficient (Wildman–Crippen LogP) is 1.29. The highest BCUT2D eigenvalue weighted by molar-refractivity contribution is 9.10. The third-order valence-electron chi connectivity index (χ3n) is 3.10. The van der Waals surface area contributed by atoms with Crippen LogP contribution in [-0.2, 0) is 9.84 Å². The quantitative estimate of drug-likeness (QED) is 0.777. The highest BCUT2D eigenvalue weighted by atomic mass is 79.9. The fourth-order valence-electron chi connectivity index (χ4n) is 2.03. The van der Waals surface area contributed by atoms with Gasteiger partial charge in [-0.2, -0.15) is 0 Å². The molecule has 0 saturated carbocycles. The summed E-state index contributed by atoms with van der Waals surface area (Å²) in [6, 6.07) is 5.10. The lowest BCUT2D eigenvalue weighted by Gasteiger charge is -2.20. The van der Waals surface area contributed by atoms with E-state index in [1.165, 1.54) is 0 Å². The van der Waals surface area contributed by atoms with E-state index in [1.807, 2.05) is 0 Å². The van der Waals surface area contributed by atoms with Crippen molar-refractivity contribution in [1.82, 2.24) is 4.90 Å². The molecule has 1 saturated heterocycles. The minimum atomic E-state index is -3.02. The van der Waals surface area contributed by atoms with Crippen LogP contribution in [0.15, 0.2) is 22.7 Å². The lowest BCUT2D eigenvalue weighted by atomic mass is 10.1. The summed E-state index contributed by atoms with van der Waals surface area (Å²) in [7, 11) is -3.02. The second kappa shape index (κ2) is 5.50. The molecule has 19 heavy (non-hydrogen) atoms. The summed E-state index contributed by atoms with van der Waals surface area (Å²) in [5, 5.41) is 0. The van der Waals surface area contributed by atoms with Gasteiger partial charge >= 0.3 is 0 Å². The van der Waals surface area contributed by atoms with Crippen LogP contribution in [0.3, 0.4) is 0 Å². The van der Waals surface area contributed by atoms with E-state index in [0.29, 0.717) is 28.7 Å². The monoisotopic (exact) mass is 346 g/mol. The van der Waals surface area contributed by atoms with E-state index in [1.54, 1.807) is 23.1 Å². The Morgan fingerprint density at radius 2 is 2.00 bits per heavy atom. The van der Waals surface area contributed by atoms with Crippen LogP contribution in [0.2, 0.25) is 0 Å². The van der Waals surface area contributed by atoms with Gasteiger partial charge in [0.05, 0.1) is 21.5 Å². The zero-order valence-corrected chi connectivity index (χ0v) is 12.7. The highest BCUT2D eigenvalue weighted by Crippen LogP contribution is 2.25. The third kappa shape index (κ3) is 3.27. The van der Waals surface area contributed by atoms with Gasteiger partial charge in [0.2, 0.25) is 0 Å². The Morgan fingerprint density at radius 3 is 2.74 bits per heavy atom. The molecule has 0 spiro atoms. The first-order chi connectivity index (χ1) is 8.91. The fraction of sp³-hybridized carbons (Fsp3) is 0.417. The molecule has 104 valence electrons. The van der Waals surface area contributed by atoms with Crippen molar-refractivity contribution in [3.63, 3.8) is 0 Å². The molecule has 2 N–H and O–H groups in total. The third-order valence-corrected chi connectivity index (χ3v) is 5.70. The molecule has 2 rings (SSSR count). The molecule has 0 bridgehead atoms. The summed E-state index contributed by atoms with van der Waals surface area (Å²) in [6.07, 6.45) is 0.480. The summed E-state index contributed by atoms with van der Waals surface area (Å²) < 4.78 is 23.6. The van der Waals surface area contributed by atoms with Gasteiger partial charge in [-0.3, -0.25) is 4.79 Å². The van der Waals surface area contributed by atoms with Gasteiger partial charge < -0.3 is 10.6 Å². The molecule has 5 nitrogen and oxygen atoms in total. The first kappa shape index (κ1) is 14.3. The number of carbonyl (C=O) groups is 1. The van der Waals surface area contributed by atoms with Gasteiger partial charge in [0.15, 0.2) is 9.84 Å². The van der Waals surface area contributed by atoms with Crippen molar-refractivity contribution < 1.29 is 13.2 Å². The molecule has 0 aliphatic carbocycles. The molecule has 1 aliphatic rings. The Kier molecular flexibility index (Phi) is 4.15. The van der Waals surface area contributed by atoms with Crippen LogP contribution in [0.5, 0.6) is 0 Å². The first-order valence-electron chi connectivity index (χ1n) is 5.94. The van der Waals surface area contributed by atoms with E-state index in [4.69, 9.17) is 5.73 Å². The number of rotatable bonds is 1. The largest absolute Gasteiger partial charge is 0.398 e. The molecule has 1 aliphatic heterocycles. The molecule has 1 amide bonds. The van der Waals surface area contributed by atoms with Crippen molar-refractivity contribution in [3.8, 4) is 0 Å². The van der Waals surface area contributed by atoms with E-state index in [2.05, 4.69) is 15.9 Å². The molecule has 1 heterocycles. The number of amides is 1. The number of carbonyl (C=O) groups excluding carboxylic acids is 1. The molecule has 0 unspecified atom stereocenters. The number of nitrogens with zero attached hydrogens (tertiary/aromatic N) is 1. The van der Waals surface area contributed by atoms with E-state index in [0.717, 1.165) is 0 Å². The number of nitrogens with two attached hydrogens (primary N) is 1. The predicted molar refractivity (Wildman–Crippen MR) is 77.7 cm³/mol. The topological polar surface area (TPSA) is 80.5 Å². The van der Waals surface area contributed by atoms with Crippen molar-refractivity contribution in [3.05, 3.63) is 28.2 Å². The Labute approximate surface area is 120 Å². The summed E-state index contributed by atoms with van der Waals surface area (Å²) in [4.78, 5) is 14.0. The number of sulfone groups is 1. The van der Waals surface area contributed by atoms with E-state index in [9.17, 15) is 13.2 Å². The van der Waals surface area contributed by atoms with E-state index >= 15 is 0 Å². The van der Waals surface area contributed by atoms with Gasteiger partial charge in [0, 0.05) is 18.8 Å². The van der Waals surface area contributed by atoms with Crippen molar-refractivity contribution in [2.75, 3.05) is 30.3 Å². The summed E-state index contributed by atoms with van der Waals surface area (Å²) >= 11 is 3.30. The Balaban J connectivity index is 2.22. The van der Waals surface area contributed by atoms with Gasteiger partial charge in [-0.1, -0.05) is 6.07 Å². The van der Waals surface area contributed by atoms with Crippen LogP contribution in [0.25, 0.3) is 0 Å². The minimum Gasteiger partial charge on any atom is -0.398 e. The van der Waals surface area contributed by atoms with Gasteiger partial charge in [-0.25, -0.2) is 8.42 Å². The average Bonchev–Trinajstić information content (AvgIpc) is 2.53. The maximum atomic E-state index is 12.4. The SMILES string of the molecule is Nc1cccc(C(=O)N2CCCS(=O)(=O)CC2)c1Br. The van der Waals surface area contributed by atoms with Gasteiger partial charge in [-0.15, -0.1) is 0 Å². The summed E-state index contributed by atoms with van der Waals surface area (Å²) in [6.45, 7) is 0.696. The van der Waals surface area contributed by atoms with Crippen LogP contribution in [0.1, 0.15) is 16.8 Å². The van der Waals surface area contributed by atoms with Crippen molar-refractivity contribution in [2.24, 2.45) is 0 Å². The van der Waals surface area contributed by atoms with Crippen molar-refractivity contribution in [1.29, 1.82) is 0 Å². The number of hydrogen-bond acceptors (Lipinski definition) is 4. The van der Waals surface area contributed by atoms with Crippen LogP contribution in [0.4, 0.5) is 5.69 Å². The maximum absolute atomic E-state index is 12.4. The molecule has 0 aromatic heterocycles. The molecular weight excluding hydrogens is 332 g/mol. The first-order valence-corrected chi connectivity index (χ1v) is 8.56. The van der Waals surface area contributed by atoms with Crippen LogP contribution in [0, 0.1) is 0 Å². The van der Waals surface area contributed by atoms with Crippen LogP contribution < -0.4 is 5.73 Å². The lowest BCUT2D eigenvalue weighted by Crippen LogP contribution is -2.33. The Bertz CT molecular complexity index is 601. The molecule has 1 aromatic rings. The summed E-state index contributed by atoms with van der Waals surface area (Å²) in [5.41, 5.74) is 6.71. The molecular formula is C12H15BrN2O3S. The fourth-order valence-corrected chi connectivity index (χ4v) is 3.73. The van der Waals surface area contributed by atoms with Crippen molar-refractivity contribution in [2.45, 2.75) is 6.42 Å². The number of benzene rings is 1. The summed E-state index contributed by atoms with van der Waals surface area (Å²) in [5.74, 6) is -0.00984. The van der Waals surface area contributed by atoms with Crippen LogP contribution >= 0.6 is 15.9 Å². The second-order valence-electron chi connectivity index (χ2n) is 4.51. The number of hydrogen-bond donors (Lipinski definition) is 1. The highest BCUT2D eigenvalue weighted by Gasteiger charge is 2.24. The zero-order chi connectivity index (χ0) is 14.0. The minimum absolute atomic E-state index is 0.0265. The smallest absolute Gasteiger partial charge is 0.255 e. The number of halogens is 1. The lowest BCUT2D eigenvalue weighted by molar-refractivity contribution is 0.0767.